The zero-order valence-electron chi connectivity index (χ0n) is 26.7. The summed E-state index contributed by atoms with van der Waals surface area (Å²) in [5, 5.41) is 9.45. The molecule has 0 fully saturated rings. The number of hydrogen-bond donors (Lipinski definition) is 1. The maximum Gasteiger partial charge on any atom is 0.314 e. The van der Waals surface area contributed by atoms with Gasteiger partial charge in [0.05, 0.1) is 11.1 Å². The molecular formula is C39H42O7. The molecule has 1 aliphatic heterocycles. The number of ether oxygens (including phenoxy) is 2. The number of hydrogen-bond acceptors (Lipinski definition) is 7. The summed E-state index contributed by atoms with van der Waals surface area (Å²) in [5.74, 6) is -0.235. The third-order valence-corrected chi connectivity index (χ3v) is 6.82. The van der Waals surface area contributed by atoms with Crippen molar-refractivity contribution < 1.29 is 33.8 Å². The molecular weight excluding hydrogens is 580 g/mol. The van der Waals surface area contributed by atoms with E-state index in [1.807, 2.05) is 72.8 Å². The number of ketones is 2. The molecule has 240 valence electrons. The Balaban J connectivity index is 0.000000197. The normalized spacial score (nSPS) is 13.4. The number of aryl methyl sites for hydroxylation is 2. The smallest absolute Gasteiger partial charge is 0.314 e. The molecule has 0 aliphatic carbocycles. The second-order valence-electron chi connectivity index (χ2n) is 11.8. The highest BCUT2D eigenvalue weighted by Gasteiger charge is 2.25. The molecule has 4 aromatic carbocycles. The van der Waals surface area contributed by atoms with E-state index >= 15 is 0 Å². The number of phenolic OH excluding ortho intramolecular Hbond substituents is 1. The Kier molecular flexibility index (Phi) is 13.9. The van der Waals surface area contributed by atoms with Crippen LogP contribution in [0.5, 0.6) is 11.5 Å². The fourth-order valence-corrected chi connectivity index (χ4v) is 4.65. The van der Waals surface area contributed by atoms with E-state index in [9.17, 15) is 24.3 Å². The number of fused-ring (bicyclic) bond motifs is 1. The van der Waals surface area contributed by atoms with Gasteiger partial charge in [0.15, 0.2) is 11.6 Å². The lowest BCUT2D eigenvalue weighted by Gasteiger charge is -2.25. The molecule has 7 heteroatoms. The number of rotatable bonds is 9. The van der Waals surface area contributed by atoms with Crippen LogP contribution in [-0.2, 0) is 27.2 Å². The third kappa shape index (κ3) is 12.5. The number of esters is 1. The zero-order valence-corrected chi connectivity index (χ0v) is 26.7. The van der Waals surface area contributed by atoms with Crippen molar-refractivity contribution in [2.75, 3.05) is 0 Å². The van der Waals surface area contributed by atoms with Gasteiger partial charge in [-0.3, -0.25) is 14.4 Å². The molecule has 0 bridgehead atoms. The second kappa shape index (κ2) is 18.1. The van der Waals surface area contributed by atoms with Crippen molar-refractivity contribution in [3.05, 3.63) is 131 Å². The van der Waals surface area contributed by atoms with Crippen LogP contribution in [0, 0.1) is 0 Å². The monoisotopic (exact) mass is 622 g/mol. The first-order valence-corrected chi connectivity index (χ1v) is 15.4. The fourth-order valence-electron chi connectivity index (χ4n) is 4.65. The summed E-state index contributed by atoms with van der Waals surface area (Å²) in [6, 6.07) is 33.9. The standard InChI is InChI=1S/C17H16O2.C13H16O4.C9H10O/c18-16-12-14(11-10-13-6-2-1-3-7-13)19-17-9-5-4-8-15(16)17;1-13(2,3)17-12(16)8-11(15)9-6-4-5-7-10(9)14;10-8-4-7-9-5-2-1-3-6-9/h1-9,14H,10-12H2;4-7,14H,8H2,1-3H3;1-3,5-6,8H,4,7H2/t14-;;/m0../s1. The van der Waals surface area contributed by atoms with Gasteiger partial charge in [0.1, 0.15) is 35.9 Å². The summed E-state index contributed by atoms with van der Waals surface area (Å²) in [5.41, 5.74) is 2.76. The largest absolute Gasteiger partial charge is 0.507 e. The van der Waals surface area contributed by atoms with Crippen molar-refractivity contribution in [1.29, 1.82) is 0 Å². The van der Waals surface area contributed by atoms with E-state index in [1.165, 1.54) is 23.3 Å². The SMILES string of the molecule is CC(C)(C)OC(=O)CC(=O)c1ccccc1O.O=C1C[C@H](CCc2ccccc2)Oc2ccccc21.O=CCCc1ccccc1. The van der Waals surface area contributed by atoms with Crippen LogP contribution in [0.3, 0.4) is 0 Å². The van der Waals surface area contributed by atoms with Gasteiger partial charge in [-0.15, -0.1) is 0 Å². The summed E-state index contributed by atoms with van der Waals surface area (Å²) >= 11 is 0. The third-order valence-electron chi connectivity index (χ3n) is 6.82. The number of carbonyl (C=O) groups is 4. The fraction of sp³-hybridized carbons (Fsp3) is 0.282. The van der Waals surface area contributed by atoms with Crippen LogP contribution in [0.4, 0.5) is 0 Å². The summed E-state index contributed by atoms with van der Waals surface area (Å²) in [6.45, 7) is 5.19. The molecule has 0 unspecified atom stereocenters. The minimum Gasteiger partial charge on any atom is -0.507 e. The number of phenols is 1. The molecule has 0 spiro atoms. The van der Waals surface area contributed by atoms with Gasteiger partial charge in [-0.05, 0) is 75.4 Å². The summed E-state index contributed by atoms with van der Waals surface area (Å²) in [4.78, 5) is 45.1. The quantitative estimate of drug-likeness (QED) is 0.0879. The summed E-state index contributed by atoms with van der Waals surface area (Å²) in [7, 11) is 0. The minimum absolute atomic E-state index is 0.00241. The molecule has 0 saturated carbocycles. The van der Waals surface area contributed by atoms with E-state index in [1.54, 1.807) is 32.9 Å². The van der Waals surface area contributed by atoms with E-state index in [2.05, 4.69) is 12.1 Å². The highest BCUT2D eigenvalue weighted by molar-refractivity contribution is 6.07. The number of benzene rings is 4. The van der Waals surface area contributed by atoms with Gasteiger partial charge >= 0.3 is 5.97 Å². The van der Waals surface area contributed by atoms with Crippen molar-refractivity contribution in [2.45, 2.75) is 71.0 Å². The van der Waals surface area contributed by atoms with E-state index in [4.69, 9.17) is 9.47 Å². The van der Waals surface area contributed by atoms with Gasteiger partial charge in [0.2, 0.25) is 0 Å². The van der Waals surface area contributed by atoms with E-state index < -0.39 is 17.4 Å². The van der Waals surface area contributed by atoms with Crippen LogP contribution in [-0.4, -0.2) is 40.6 Å². The first-order chi connectivity index (χ1) is 22.1. The van der Waals surface area contributed by atoms with E-state index in [-0.39, 0.29) is 29.6 Å². The maximum absolute atomic E-state index is 12.0. The molecule has 46 heavy (non-hydrogen) atoms. The van der Waals surface area contributed by atoms with Gasteiger partial charge in [0.25, 0.3) is 0 Å². The van der Waals surface area contributed by atoms with Crippen molar-refractivity contribution >= 4 is 23.8 Å². The van der Waals surface area contributed by atoms with Crippen LogP contribution in [0.1, 0.15) is 78.3 Å². The van der Waals surface area contributed by atoms with Gasteiger partial charge < -0.3 is 19.4 Å². The predicted octanol–water partition coefficient (Wildman–Crippen LogP) is 7.78. The number of Topliss-reactive ketones (excluding diaryl/α,β-unsaturated/α-hetero) is 2. The average Bonchev–Trinajstić information content (AvgIpc) is 3.04. The van der Waals surface area contributed by atoms with Crippen LogP contribution in [0.25, 0.3) is 0 Å². The summed E-state index contributed by atoms with van der Waals surface area (Å²) < 4.78 is 10.9. The van der Waals surface area contributed by atoms with Crippen molar-refractivity contribution in [1.82, 2.24) is 0 Å². The Morgan fingerprint density at radius 3 is 2.00 bits per heavy atom. The Labute approximate surface area is 271 Å². The molecule has 1 N–H and O–H groups in total. The Morgan fingerprint density at radius 1 is 0.826 bits per heavy atom. The Bertz CT molecular complexity index is 1560. The first-order valence-electron chi connectivity index (χ1n) is 15.4. The lowest BCUT2D eigenvalue weighted by molar-refractivity contribution is -0.153. The van der Waals surface area contributed by atoms with Crippen molar-refractivity contribution in [3.63, 3.8) is 0 Å². The highest BCUT2D eigenvalue weighted by Crippen LogP contribution is 2.28. The Hall–Kier alpha value is -5.04. The molecule has 0 aromatic heterocycles. The zero-order chi connectivity index (χ0) is 33.4. The predicted molar refractivity (Wildman–Crippen MR) is 178 cm³/mol. The lowest BCUT2D eigenvalue weighted by atomic mass is 9.97. The molecule has 5 rings (SSSR count). The number of para-hydroxylation sites is 2. The number of aldehydes is 1. The molecule has 7 nitrogen and oxygen atoms in total. The number of carbonyl (C=O) groups excluding carboxylic acids is 4. The van der Waals surface area contributed by atoms with Crippen LogP contribution in [0.15, 0.2) is 109 Å². The molecule has 1 aliphatic rings. The van der Waals surface area contributed by atoms with Gasteiger partial charge in [-0.1, -0.05) is 84.9 Å². The van der Waals surface area contributed by atoms with Gasteiger partial charge in [-0.25, -0.2) is 0 Å². The first kappa shape index (κ1) is 35.4. The molecule has 4 aromatic rings. The second-order valence-corrected chi connectivity index (χ2v) is 11.8. The molecule has 0 radical (unpaired) electrons. The molecule has 1 atom stereocenters. The van der Waals surface area contributed by atoms with E-state index in [0.717, 1.165) is 36.9 Å². The number of aromatic hydroxyl groups is 1. The van der Waals surface area contributed by atoms with Crippen molar-refractivity contribution in [3.8, 4) is 11.5 Å². The average molecular weight is 623 g/mol. The molecule has 0 amide bonds. The van der Waals surface area contributed by atoms with Gasteiger partial charge in [0, 0.05) is 12.8 Å². The lowest BCUT2D eigenvalue weighted by Crippen LogP contribution is -2.27. The van der Waals surface area contributed by atoms with Crippen LogP contribution >= 0.6 is 0 Å². The molecule has 1 heterocycles. The van der Waals surface area contributed by atoms with Crippen LogP contribution in [0.2, 0.25) is 0 Å². The maximum atomic E-state index is 12.0. The van der Waals surface area contributed by atoms with Crippen LogP contribution < -0.4 is 4.74 Å². The topological polar surface area (TPSA) is 107 Å². The van der Waals surface area contributed by atoms with E-state index in [0.29, 0.717) is 12.8 Å². The Morgan fingerprint density at radius 2 is 1.39 bits per heavy atom. The van der Waals surface area contributed by atoms with Gasteiger partial charge in [-0.2, -0.15) is 0 Å². The summed E-state index contributed by atoms with van der Waals surface area (Å²) in [6.07, 6.45) is 4.40. The molecule has 0 saturated heterocycles. The van der Waals surface area contributed by atoms with Crippen molar-refractivity contribution in [2.24, 2.45) is 0 Å². The highest BCUT2D eigenvalue weighted by atomic mass is 16.6. The minimum atomic E-state index is -0.615.